The Morgan fingerprint density at radius 2 is 1.89 bits per heavy atom. The van der Waals surface area contributed by atoms with Gasteiger partial charge in [0.2, 0.25) is 0 Å². The van der Waals surface area contributed by atoms with E-state index in [4.69, 9.17) is 0 Å². The minimum Gasteiger partial charge on any atom is -0.350 e. The highest BCUT2D eigenvalue weighted by Gasteiger charge is 2.18. The van der Waals surface area contributed by atoms with Crippen LogP contribution in [0.15, 0.2) is 54.6 Å². The van der Waals surface area contributed by atoms with E-state index in [1.807, 2.05) is 18.2 Å². The number of carbonyl (C=O) groups is 1. The van der Waals surface area contributed by atoms with E-state index in [9.17, 15) is 9.18 Å². The van der Waals surface area contributed by atoms with E-state index in [0.717, 1.165) is 6.42 Å². The number of hydrogen-bond donors (Lipinski definition) is 1. The van der Waals surface area contributed by atoms with Gasteiger partial charge in [-0.25, -0.2) is 4.39 Å². The molecule has 0 bridgehead atoms. The molecule has 1 heterocycles. The minimum atomic E-state index is -0.338. The summed E-state index contributed by atoms with van der Waals surface area (Å²) in [4.78, 5) is 12.9. The van der Waals surface area contributed by atoms with Crippen molar-refractivity contribution in [3.8, 4) is 0 Å². The zero-order chi connectivity index (χ0) is 19.9. The molecule has 3 aromatic rings. The van der Waals surface area contributed by atoms with E-state index in [-0.39, 0.29) is 23.3 Å². The van der Waals surface area contributed by atoms with E-state index in [1.54, 1.807) is 25.1 Å². The second kappa shape index (κ2) is 9.03. The fourth-order valence-corrected chi connectivity index (χ4v) is 2.92. The molecular weight excluding hydrogens is 357 g/mol. The highest BCUT2D eigenvalue weighted by Crippen LogP contribution is 2.19. The van der Waals surface area contributed by atoms with Gasteiger partial charge in [0.1, 0.15) is 11.5 Å². The van der Waals surface area contributed by atoms with Gasteiger partial charge >= 0.3 is 0 Å². The zero-order valence-corrected chi connectivity index (χ0v) is 15.8. The Morgan fingerprint density at radius 3 is 2.50 bits per heavy atom. The van der Waals surface area contributed by atoms with Gasteiger partial charge in [-0.2, -0.15) is 4.68 Å². The fourth-order valence-electron chi connectivity index (χ4n) is 2.92. The number of amides is 1. The third-order valence-electron chi connectivity index (χ3n) is 4.53. The number of tetrazole rings is 1. The largest absolute Gasteiger partial charge is 0.350 e. The first-order valence-electron chi connectivity index (χ1n) is 9.14. The van der Waals surface area contributed by atoms with Crippen LogP contribution in [-0.4, -0.2) is 32.7 Å². The summed E-state index contributed by atoms with van der Waals surface area (Å²) >= 11 is 0. The summed E-state index contributed by atoms with van der Waals surface area (Å²) in [5.41, 5.74) is 2.13. The van der Waals surface area contributed by atoms with Crippen LogP contribution >= 0.6 is 0 Å². The highest BCUT2D eigenvalue weighted by molar-refractivity contribution is 6.18. The Balaban J connectivity index is 1.83. The van der Waals surface area contributed by atoms with Crippen molar-refractivity contribution in [3.63, 3.8) is 0 Å². The molecule has 0 unspecified atom stereocenters. The monoisotopic (exact) mass is 379 g/mol. The predicted octanol–water partition coefficient (Wildman–Crippen LogP) is 3.43. The Labute approximate surface area is 163 Å². The molecule has 0 aliphatic rings. The molecule has 0 radical (unpaired) electrons. The molecule has 0 saturated heterocycles. The molecule has 28 heavy (non-hydrogen) atoms. The molecule has 0 fully saturated rings. The van der Waals surface area contributed by atoms with Crippen LogP contribution in [0.1, 0.15) is 36.2 Å². The molecule has 1 N–H and O–H groups in total. The third-order valence-corrected chi connectivity index (χ3v) is 4.53. The number of nitrogens with zero attached hydrogens (tertiary/aromatic N) is 4. The second-order valence-corrected chi connectivity index (χ2v) is 6.44. The van der Waals surface area contributed by atoms with Crippen LogP contribution in [0.25, 0.3) is 11.8 Å². The van der Waals surface area contributed by atoms with Crippen molar-refractivity contribution in [1.29, 1.82) is 0 Å². The van der Waals surface area contributed by atoms with Crippen LogP contribution < -0.4 is 5.32 Å². The smallest absolute Gasteiger partial charge is 0.270 e. The number of nitrogens with one attached hydrogen (secondary N) is 1. The molecule has 6 nitrogen and oxygen atoms in total. The van der Waals surface area contributed by atoms with Gasteiger partial charge in [-0.1, -0.05) is 49.4 Å². The molecule has 1 amide bonds. The topological polar surface area (TPSA) is 72.7 Å². The standard InChI is InChI=1S/C21H22FN5O/c1-3-17(18-7-5-4-6-8-18)14-23-21(28)20(27-15(2)24-25-26-27)13-16-9-11-19(22)12-10-16/h4-13,17H,3,14H2,1-2H3,(H,23,28)/b20-13-/t17-/m1/s1. The van der Waals surface area contributed by atoms with E-state index in [0.29, 0.717) is 17.9 Å². The van der Waals surface area contributed by atoms with Gasteiger partial charge in [0.15, 0.2) is 5.82 Å². The molecule has 144 valence electrons. The summed E-state index contributed by atoms with van der Waals surface area (Å²) in [7, 11) is 0. The first-order valence-corrected chi connectivity index (χ1v) is 9.14. The van der Waals surface area contributed by atoms with Crippen molar-refractivity contribution in [1.82, 2.24) is 25.5 Å². The Hall–Kier alpha value is -3.35. The molecule has 0 spiro atoms. The molecular formula is C21H22FN5O. The molecule has 0 aliphatic heterocycles. The molecule has 0 saturated carbocycles. The summed E-state index contributed by atoms with van der Waals surface area (Å²) in [5.74, 6) is 0.0512. The molecule has 0 aliphatic carbocycles. The number of aryl methyl sites for hydroxylation is 1. The highest BCUT2D eigenvalue weighted by atomic mass is 19.1. The van der Waals surface area contributed by atoms with Gasteiger partial charge in [-0.05, 0) is 53.1 Å². The molecule has 1 atom stereocenters. The average molecular weight is 379 g/mol. The fraction of sp³-hybridized carbons (Fsp3) is 0.238. The lowest BCUT2D eigenvalue weighted by Crippen LogP contribution is -2.31. The van der Waals surface area contributed by atoms with Gasteiger partial charge < -0.3 is 5.32 Å². The minimum absolute atomic E-state index is 0.201. The van der Waals surface area contributed by atoms with Gasteiger partial charge in [0.05, 0.1) is 0 Å². The normalized spacial score (nSPS) is 12.6. The lowest BCUT2D eigenvalue weighted by molar-refractivity contribution is -0.116. The quantitative estimate of drug-likeness (QED) is 0.639. The Morgan fingerprint density at radius 1 is 1.18 bits per heavy atom. The van der Waals surface area contributed by atoms with Crippen LogP contribution in [-0.2, 0) is 4.79 Å². The Kier molecular flexibility index (Phi) is 6.26. The number of aromatic nitrogens is 4. The molecule has 3 rings (SSSR count). The molecule has 7 heteroatoms. The van der Waals surface area contributed by atoms with E-state index in [1.165, 1.54) is 22.4 Å². The van der Waals surface area contributed by atoms with E-state index in [2.05, 4.69) is 39.9 Å². The maximum atomic E-state index is 13.2. The predicted molar refractivity (Wildman–Crippen MR) is 106 cm³/mol. The third kappa shape index (κ3) is 4.68. The maximum Gasteiger partial charge on any atom is 0.270 e. The van der Waals surface area contributed by atoms with Crippen molar-refractivity contribution in [2.45, 2.75) is 26.2 Å². The summed E-state index contributed by atoms with van der Waals surface area (Å²) in [6.07, 6.45) is 2.53. The van der Waals surface area contributed by atoms with Gasteiger partial charge in [0, 0.05) is 12.5 Å². The SMILES string of the molecule is CC[C@H](CNC(=O)/C(=C/c1ccc(F)cc1)n1nnnc1C)c1ccccc1. The Bertz CT molecular complexity index is 950. The van der Waals surface area contributed by atoms with Crippen molar-refractivity contribution in [3.05, 3.63) is 77.4 Å². The van der Waals surface area contributed by atoms with Crippen LogP contribution in [0.4, 0.5) is 4.39 Å². The summed E-state index contributed by atoms with van der Waals surface area (Å²) in [6, 6.07) is 15.9. The van der Waals surface area contributed by atoms with Gasteiger partial charge in [-0.15, -0.1) is 5.10 Å². The van der Waals surface area contributed by atoms with Crippen LogP contribution in [0.2, 0.25) is 0 Å². The number of halogens is 1. The first-order chi connectivity index (χ1) is 13.6. The summed E-state index contributed by atoms with van der Waals surface area (Å²) < 4.78 is 14.6. The maximum absolute atomic E-state index is 13.2. The summed E-state index contributed by atoms with van der Waals surface area (Å²) in [6.45, 7) is 4.29. The number of rotatable bonds is 7. The van der Waals surface area contributed by atoms with Crippen molar-refractivity contribution >= 4 is 17.7 Å². The van der Waals surface area contributed by atoms with Crippen molar-refractivity contribution in [2.24, 2.45) is 0 Å². The van der Waals surface area contributed by atoms with Crippen molar-refractivity contribution in [2.75, 3.05) is 6.54 Å². The number of hydrogen-bond acceptors (Lipinski definition) is 4. The van der Waals surface area contributed by atoms with Crippen LogP contribution in [0.3, 0.4) is 0 Å². The lowest BCUT2D eigenvalue weighted by atomic mass is 9.96. The van der Waals surface area contributed by atoms with Gasteiger partial charge in [-0.3, -0.25) is 4.79 Å². The summed E-state index contributed by atoms with van der Waals surface area (Å²) in [5, 5.41) is 14.4. The lowest BCUT2D eigenvalue weighted by Gasteiger charge is -2.17. The van der Waals surface area contributed by atoms with Crippen LogP contribution in [0.5, 0.6) is 0 Å². The molecule has 1 aromatic heterocycles. The number of benzene rings is 2. The second-order valence-electron chi connectivity index (χ2n) is 6.44. The first kappa shape index (κ1) is 19.4. The van der Waals surface area contributed by atoms with Crippen molar-refractivity contribution < 1.29 is 9.18 Å². The van der Waals surface area contributed by atoms with Gasteiger partial charge in [0.25, 0.3) is 5.91 Å². The average Bonchev–Trinajstić information content (AvgIpc) is 3.14. The number of carbonyl (C=O) groups excluding carboxylic acids is 1. The van der Waals surface area contributed by atoms with E-state index >= 15 is 0 Å². The van der Waals surface area contributed by atoms with E-state index < -0.39 is 0 Å². The zero-order valence-electron chi connectivity index (χ0n) is 15.8. The molecule has 2 aromatic carbocycles. The van der Waals surface area contributed by atoms with Crippen LogP contribution in [0, 0.1) is 12.7 Å².